The Morgan fingerprint density at radius 1 is 0.880 bits per heavy atom. The summed E-state index contributed by atoms with van der Waals surface area (Å²) in [7, 11) is 0. The first kappa shape index (κ1) is 16.8. The highest BCUT2D eigenvalue weighted by Gasteiger charge is 2.04. The molecule has 1 N–H and O–H groups in total. The standard InChI is InChI=1S/C21H21NO3/c1-2-24-19-10-7-16(8-11-19)14-22-21(23)15-25-20-12-9-17-5-3-4-6-18(17)13-20/h3-13H,2,14-15H2,1H3,(H,22,23). The summed E-state index contributed by atoms with van der Waals surface area (Å²) < 4.78 is 11.0. The predicted octanol–water partition coefficient (Wildman–Crippen LogP) is 3.93. The lowest BCUT2D eigenvalue weighted by molar-refractivity contribution is -0.123. The van der Waals surface area contributed by atoms with Gasteiger partial charge in [-0.05, 0) is 47.5 Å². The topological polar surface area (TPSA) is 47.6 Å². The highest BCUT2D eigenvalue weighted by molar-refractivity contribution is 5.84. The van der Waals surface area contributed by atoms with Crippen molar-refractivity contribution in [2.45, 2.75) is 13.5 Å². The second-order valence-corrected chi connectivity index (χ2v) is 5.65. The van der Waals surface area contributed by atoms with Gasteiger partial charge in [-0.3, -0.25) is 4.79 Å². The molecule has 0 aromatic heterocycles. The molecule has 4 nitrogen and oxygen atoms in total. The molecule has 0 saturated heterocycles. The molecule has 0 fully saturated rings. The lowest BCUT2D eigenvalue weighted by Crippen LogP contribution is -2.28. The minimum Gasteiger partial charge on any atom is -0.494 e. The summed E-state index contributed by atoms with van der Waals surface area (Å²) in [5.74, 6) is 1.37. The van der Waals surface area contributed by atoms with Gasteiger partial charge in [-0.15, -0.1) is 0 Å². The number of hydrogen-bond acceptors (Lipinski definition) is 3. The summed E-state index contributed by atoms with van der Waals surface area (Å²) >= 11 is 0. The molecule has 0 aliphatic rings. The second kappa shape index (κ2) is 8.20. The number of ether oxygens (including phenoxy) is 2. The van der Waals surface area contributed by atoms with E-state index in [-0.39, 0.29) is 12.5 Å². The lowest BCUT2D eigenvalue weighted by atomic mass is 10.1. The van der Waals surface area contributed by atoms with Gasteiger partial charge in [-0.2, -0.15) is 0 Å². The molecule has 0 atom stereocenters. The number of rotatable bonds is 7. The second-order valence-electron chi connectivity index (χ2n) is 5.65. The summed E-state index contributed by atoms with van der Waals surface area (Å²) in [4.78, 5) is 12.0. The van der Waals surface area contributed by atoms with Gasteiger partial charge in [0.05, 0.1) is 6.61 Å². The molecule has 0 aliphatic heterocycles. The van der Waals surface area contributed by atoms with Crippen molar-refractivity contribution in [3.63, 3.8) is 0 Å². The highest BCUT2D eigenvalue weighted by atomic mass is 16.5. The van der Waals surface area contributed by atoms with Crippen LogP contribution in [0.2, 0.25) is 0 Å². The monoisotopic (exact) mass is 335 g/mol. The third-order valence-corrected chi connectivity index (χ3v) is 3.81. The Hall–Kier alpha value is -3.01. The maximum absolute atomic E-state index is 12.0. The highest BCUT2D eigenvalue weighted by Crippen LogP contribution is 2.20. The van der Waals surface area contributed by atoms with Gasteiger partial charge < -0.3 is 14.8 Å². The van der Waals surface area contributed by atoms with E-state index in [0.29, 0.717) is 18.9 Å². The molecule has 3 aromatic rings. The SMILES string of the molecule is CCOc1ccc(CNC(=O)COc2ccc3ccccc3c2)cc1. The Morgan fingerprint density at radius 2 is 1.60 bits per heavy atom. The number of benzene rings is 3. The largest absolute Gasteiger partial charge is 0.494 e. The van der Waals surface area contributed by atoms with Gasteiger partial charge >= 0.3 is 0 Å². The van der Waals surface area contributed by atoms with Crippen LogP contribution in [0.1, 0.15) is 12.5 Å². The first-order valence-electron chi connectivity index (χ1n) is 8.34. The number of nitrogens with one attached hydrogen (secondary N) is 1. The Balaban J connectivity index is 1.48. The van der Waals surface area contributed by atoms with Crippen LogP contribution in [-0.2, 0) is 11.3 Å². The third-order valence-electron chi connectivity index (χ3n) is 3.81. The van der Waals surface area contributed by atoms with Crippen molar-refractivity contribution in [2.75, 3.05) is 13.2 Å². The number of amides is 1. The van der Waals surface area contributed by atoms with Crippen molar-refractivity contribution in [1.82, 2.24) is 5.32 Å². The third kappa shape index (κ3) is 4.73. The molecule has 0 saturated carbocycles. The van der Waals surface area contributed by atoms with Crippen molar-refractivity contribution in [3.8, 4) is 11.5 Å². The summed E-state index contributed by atoms with van der Waals surface area (Å²) in [5.41, 5.74) is 1.02. The lowest BCUT2D eigenvalue weighted by Gasteiger charge is -2.09. The smallest absolute Gasteiger partial charge is 0.258 e. The molecule has 0 bridgehead atoms. The number of fused-ring (bicyclic) bond motifs is 1. The van der Waals surface area contributed by atoms with E-state index in [4.69, 9.17) is 9.47 Å². The van der Waals surface area contributed by atoms with Crippen molar-refractivity contribution in [3.05, 3.63) is 72.3 Å². The first-order valence-corrected chi connectivity index (χ1v) is 8.34. The van der Waals surface area contributed by atoms with Crippen molar-refractivity contribution < 1.29 is 14.3 Å². The van der Waals surface area contributed by atoms with E-state index in [1.165, 1.54) is 0 Å². The summed E-state index contributed by atoms with van der Waals surface area (Å²) in [6.07, 6.45) is 0. The van der Waals surface area contributed by atoms with Crippen LogP contribution < -0.4 is 14.8 Å². The fourth-order valence-corrected chi connectivity index (χ4v) is 2.53. The normalized spacial score (nSPS) is 10.4. The molecule has 1 amide bonds. The van der Waals surface area contributed by atoms with Crippen molar-refractivity contribution in [2.24, 2.45) is 0 Å². The van der Waals surface area contributed by atoms with Crippen LogP contribution in [0.3, 0.4) is 0 Å². The summed E-state index contributed by atoms with van der Waals surface area (Å²) in [6.45, 7) is 3.05. The minimum absolute atomic E-state index is 0.00459. The Morgan fingerprint density at radius 3 is 2.36 bits per heavy atom. The molecule has 0 spiro atoms. The quantitative estimate of drug-likeness (QED) is 0.711. The van der Waals surface area contributed by atoms with Crippen LogP contribution >= 0.6 is 0 Å². The van der Waals surface area contributed by atoms with Crippen LogP contribution in [0.15, 0.2) is 66.7 Å². The van der Waals surface area contributed by atoms with Gasteiger partial charge in [0.1, 0.15) is 11.5 Å². The van der Waals surface area contributed by atoms with Crippen LogP contribution in [0.4, 0.5) is 0 Å². The van der Waals surface area contributed by atoms with E-state index in [1.54, 1.807) is 0 Å². The van der Waals surface area contributed by atoms with Gasteiger partial charge in [0.15, 0.2) is 6.61 Å². The van der Waals surface area contributed by atoms with Crippen LogP contribution in [0.5, 0.6) is 11.5 Å². The maximum atomic E-state index is 12.0. The van der Waals surface area contributed by atoms with Gasteiger partial charge in [0.2, 0.25) is 0 Å². The maximum Gasteiger partial charge on any atom is 0.258 e. The van der Waals surface area contributed by atoms with Gasteiger partial charge in [0, 0.05) is 6.54 Å². The summed E-state index contributed by atoms with van der Waals surface area (Å²) in [6, 6.07) is 21.5. The van der Waals surface area contributed by atoms with Gasteiger partial charge in [0.25, 0.3) is 5.91 Å². The van der Waals surface area contributed by atoms with Crippen LogP contribution in [0.25, 0.3) is 10.8 Å². The van der Waals surface area contributed by atoms with E-state index < -0.39 is 0 Å². The molecule has 0 radical (unpaired) electrons. The zero-order valence-corrected chi connectivity index (χ0v) is 14.2. The van der Waals surface area contributed by atoms with Crippen molar-refractivity contribution in [1.29, 1.82) is 0 Å². The van der Waals surface area contributed by atoms with Crippen LogP contribution in [-0.4, -0.2) is 19.1 Å². The first-order chi connectivity index (χ1) is 12.2. The predicted molar refractivity (Wildman–Crippen MR) is 98.9 cm³/mol. The van der Waals surface area contributed by atoms with Gasteiger partial charge in [-0.1, -0.05) is 42.5 Å². The molecular formula is C21H21NO3. The molecule has 25 heavy (non-hydrogen) atoms. The molecule has 0 heterocycles. The van der Waals surface area contributed by atoms with E-state index in [1.807, 2.05) is 73.7 Å². The average Bonchev–Trinajstić information content (AvgIpc) is 2.66. The molecular weight excluding hydrogens is 314 g/mol. The van der Waals surface area contributed by atoms with Crippen LogP contribution in [0, 0.1) is 0 Å². The fraction of sp³-hybridized carbons (Fsp3) is 0.190. The molecule has 128 valence electrons. The molecule has 3 rings (SSSR count). The molecule has 0 unspecified atom stereocenters. The van der Waals surface area contributed by atoms with Gasteiger partial charge in [-0.25, -0.2) is 0 Å². The number of carbonyl (C=O) groups is 1. The zero-order valence-electron chi connectivity index (χ0n) is 14.2. The van der Waals surface area contributed by atoms with Crippen molar-refractivity contribution >= 4 is 16.7 Å². The average molecular weight is 335 g/mol. The van der Waals surface area contributed by atoms with E-state index >= 15 is 0 Å². The van der Waals surface area contributed by atoms with E-state index in [2.05, 4.69) is 5.32 Å². The van der Waals surface area contributed by atoms with E-state index in [0.717, 1.165) is 22.1 Å². The fourth-order valence-electron chi connectivity index (χ4n) is 2.53. The molecule has 3 aromatic carbocycles. The number of hydrogen-bond donors (Lipinski definition) is 1. The Labute approximate surface area is 147 Å². The zero-order chi connectivity index (χ0) is 17.5. The Kier molecular flexibility index (Phi) is 5.52. The minimum atomic E-state index is -0.151. The summed E-state index contributed by atoms with van der Waals surface area (Å²) in [5, 5.41) is 5.09. The van der Waals surface area contributed by atoms with E-state index in [9.17, 15) is 4.79 Å². The molecule has 0 aliphatic carbocycles. The Bertz CT molecular complexity index is 843. The molecule has 4 heteroatoms. The number of carbonyl (C=O) groups excluding carboxylic acids is 1.